The number of aliphatic carboxylic acids is 1. The normalized spacial score (nSPS) is 10.9. The van der Waals surface area contributed by atoms with Gasteiger partial charge in [-0.1, -0.05) is 23.9 Å². The van der Waals surface area contributed by atoms with Crippen molar-refractivity contribution in [2.75, 3.05) is 13.3 Å². The summed E-state index contributed by atoms with van der Waals surface area (Å²) in [5.74, 6) is 0.766. The van der Waals surface area contributed by atoms with Gasteiger partial charge in [0.15, 0.2) is 15.0 Å². The van der Waals surface area contributed by atoms with Crippen LogP contribution in [0.3, 0.4) is 0 Å². The quantitative estimate of drug-likeness (QED) is 0.715. The first-order valence-corrected chi connectivity index (χ1v) is 10.2. The number of sulfone groups is 1. The highest BCUT2D eigenvalue weighted by Crippen LogP contribution is 2.22. The van der Waals surface area contributed by atoms with E-state index in [0.29, 0.717) is 11.4 Å². The largest absolute Gasteiger partial charge is 0.481 e. The van der Waals surface area contributed by atoms with E-state index < -0.39 is 15.8 Å². The molecule has 2 aromatic rings. The number of nitrogens with zero attached hydrogens (tertiary/aromatic N) is 3. The lowest BCUT2D eigenvalue weighted by atomic mass is 10.2. The van der Waals surface area contributed by atoms with Gasteiger partial charge in [0.05, 0.1) is 11.4 Å². The maximum atomic E-state index is 11.4. The number of thioether (sulfide) groups is 1. The van der Waals surface area contributed by atoms with E-state index in [0.717, 1.165) is 29.2 Å². The minimum absolute atomic E-state index is 0.339. The maximum Gasteiger partial charge on any atom is 0.300 e. The fraction of sp³-hybridized carbons (Fsp3) is 0.400. The van der Waals surface area contributed by atoms with E-state index in [1.54, 1.807) is 23.9 Å². The van der Waals surface area contributed by atoms with Gasteiger partial charge in [-0.15, -0.1) is 10.2 Å². The van der Waals surface area contributed by atoms with Crippen LogP contribution < -0.4 is 5.32 Å². The molecule has 8 nitrogen and oxygen atoms in total. The van der Waals surface area contributed by atoms with Crippen molar-refractivity contribution in [1.29, 1.82) is 0 Å². The number of carbonyl (C=O) groups is 1. The number of carboxylic acid groups (broad SMARTS) is 1. The zero-order valence-electron chi connectivity index (χ0n) is 14.6. The number of carboxylic acids is 1. The van der Waals surface area contributed by atoms with Crippen molar-refractivity contribution in [3.05, 3.63) is 35.7 Å². The molecule has 2 N–H and O–H groups in total. The Morgan fingerprint density at radius 3 is 2.32 bits per heavy atom. The minimum Gasteiger partial charge on any atom is -0.481 e. The van der Waals surface area contributed by atoms with E-state index in [1.807, 2.05) is 30.8 Å². The molecule has 2 rings (SSSR count). The Hall–Kier alpha value is -1.91. The fourth-order valence-corrected chi connectivity index (χ4v) is 3.28. The van der Waals surface area contributed by atoms with Crippen LogP contribution in [0.1, 0.15) is 18.3 Å². The summed E-state index contributed by atoms with van der Waals surface area (Å²) in [5, 5.41) is 19.6. The predicted molar refractivity (Wildman–Crippen MR) is 96.2 cm³/mol. The van der Waals surface area contributed by atoms with Gasteiger partial charge in [0.1, 0.15) is 5.82 Å². The molecule has 0 unspecified atom stereocenters. The molecule has 1 heterocycles. The molecule has 10 heteroatoms. The van der Waals surface area contributed by atoms with Crippen LogP contribution in [0.25, 0.3) is 0 Å². The molecule has 0 fully saturated rings. The average Bonchev–Trinajstić information content (AvgIpc) is 2.85. The van der Waals surface area contributed by atoms with Crippen LogP contribution in [-0.2, 0) is 34.0 Å². The van der Waals surface area contributed by atoms with Crippen molar-refractivity contribution in [3.8, 4) is 0 Å². The minimum atomic E-state index is -3.14. The van der Waals surface area contributed by atoms with Gasteiger partial charge in [-0.3, -0.25) is 4.79 Å². The van der Waals surface area contributed by atoms with Crippen molar-refractivity contribution in [2.24, 2.45) is 7.05 Å². The van der Waals surface area contributed by atoms with Gasteiger partial charge < -0.3 is 15.0 Å². The monoisotopic (exact) mass is 386 g/mol. The van der Waals surface area contributed by atoms with Crippen LogP contribution in [0.15, 0.2) is 34.3 Å². The molecule has 0 radical (unpaired) electrons. The van der Waals surface area contributed by atoms with Gasteiger partial charge in [-0.25, -0.2) is 8.42 Å². The van der Waals surface area contributed by atoms with E-state index in [-0.39, 0.29) is 0 Å². The number of aromatic nitrogens is 3. The molecule has 0 aliphatic carbocycles. The van der Waals surface area contributed by atoms with Crippen LogP contribution in [0.4, 0.5) is 0 Å². The second-order valence-corrected chi connectivity index (χ2v) is 8.17. The van der Waals surface area contributed by atoms with Crippen LogP contribution in [-0.4, -0.2) is 47.6 Å². The molecule has 0 saturated heterocycles. The highest BCUT2D eigenvalue weighted by Gasteiger charge is 2.09. The zero-order valence-corrected chi connectivity index (χ0v) is 16.2. The Labute approximate surface area is 151 Å². The molecule has 0 aliphatic heterocycles. The van der Waals surface area contributed by atoms with Crippen LogP contribution in [0.2, 0.25) is 0 Å². The van der Waals surface area contributed by atoms with Gasteiger partial charge in [0.2, 0.25) is 0 Å². The summed E-state index contributed by atoms with van der Waals surface area (Å²) in [6.07, 6.45) is 1.21. The lowest BCUT2D eigenvalue weighted by molar-refractivity contribution is -0.134. The number of hydrogen-bond donors (Lipinski definition) is 2. The molecule has 25 heavy (non-hydrogen) atoms. The highest BCUT2D eigenvalue weighted by molar-refractivity contribution is 7.98. The van der Waals surface area contributed by atoms with E-state index in [4.69, 9.17) is 9.90 Å². The third-order valence-corrected chi connectivity index (χ3v) is 5.20. The summed E-state index contributed by atoms with van der Waals surface area (Å²) in [5.41, 5.74) is 1.05. The molecule has 0 saturated carbocycles. The summed E-state index contributed by atoms with van der Waals surface area (Å²) < 4.78 is 24.7. The molecule has 0 aliphatic rings. The summed E-state index contributed by atoms with van der Waals surface area (Å²) >= 11 is 1.57. The number of nitrogens with one attached hydrogen (secondary N) is 1. The van der Waals surface area contributed by atoms with Crippen molar-refractivity contribution in [3.63, 3.8) is 0 Å². The first-order valence-electron chi connectivity index (χ1n) is 7.29. The summed E-state index contributed by atoms with van der Waals surface area (Å²) in [4.78, 5) is 9.34. The van der Waals surface area contributed by atoms with E-state index in [1.165, 1.54) is 6.26 Å². The third-order valence-electron chi connectivity index (χ3n) is 2.98. The van der Waals surface area contributed by atoms with Gasteiger partial charge in [0.25, 0.3) is 5.97 Å². The predicted octanol–water partition coefficient (Wildman–Crippen LogP) is 1.32. The zero-order chi connectivity index (χ0) is 19.0. The Balaban J connectivity index is 0.000000705. The van der Waals surface area contributed by atoms with Gasteiger partial charge in [-0.2, -0.15) is 0 Å². The highest BCUT2D eigenvalue weighted by atomic mass is 32.2. The Morgan fingerprint density at radius 1 is 1.28 bits per heavy atom. The van der Waals surface area contributed by atoms with Crippen LogP contribution in [0.5, 0.6) is 0 Å². The molecule has 0 atom stereocenters. The van der Waals surface area contributed by atoms with Gasteiger partial charge in [0, 0.05) is 26.0 Å². The van der Waals surface area contributed by atoms with Gasteiger partial charge >= 0.3 is 0 Å². The third kappa shape index (κ3) is 7.24. The summed E-state index contributed by atoms with van der Waals surface area (Å²) in [6, 6.07) is 6.92. The first-order chi connectivity index (χ1) is 11.6. The molecule has 1 aromatic heterocycles. The van der Waals surface area contributed by atoms with Crippen molar-refractivity contribution < 1.29 is 18.3 Å². The average molecular weight is 386 g/mol. The summed E-state index contributed by atoms with van der Waals surface area (Å²) in [6.45, 7) is 1.76. The maximum absolute atomic E-state index is 11.4. The molecular weight excluding hydrogens is 364 g/mol. The topological polar surface area (TPSA) is 114 Å². The molecule has 0 amide bonds. The molecule has 138 valence electrons. The van der Waals surface area contributed by atoms with Crippen molar-refractivity contribution in [2.45, 2.75) is 29.3 Å². The van der Waals surface area contributed by atoms with Crippen LogP contribution in [0, 0.1) is 0 Å². The molecular formula is C15H22N4O4S2. The second kappa shape index (κ2) is 9.54. The molecule has 0 spiro atoms. The van der Waals surface area contributed by atoms with Crippen molar-refractivity contribution >= 4 is 27.6 Å². The Kier molecular flexibility index (Phi) is 8.07. The fourth-order valence-electron chi connectivity index (χ4n) is 1.76. The summed E-state index contributed by atoms with van der Waals surface area (Å²) in [7, 11) is 0.662. The van der Waals surface area contributed by atoms with E-state index in [9.17, 15) is 8.42 Å². The second-order valence-electron chi connectivity index (χ2n) is 5.21. The smallest absolute Gasteiger partial charge is 0.300 e. The Bertz CT molecular complexity index is 797. The lowest BCUT2D eigenvalue weighted by Crippen LogP contribution is -2.10. The Morgan fingerprint density at radius 2 is 1.84 bits per heavy atom. The number of benzene rings is 1. The SMILES string of the molecule is CC(=O)O.CNCc1nnc(SCc2ccc(S(C)(=O)=O)cc2)n1C. The standard InChI is InChI=1S/C13H18N4O2S2.C2H4O2/c1-14-8-12-15-16-13(17(12)2)20-9-10-4-6-11(7-5-10)21(3,18)19;1-2(3)4/h4-7,14H,8-9H2,1-3H3;1H3,(H,3,4). The number of rotatable bonds is 6. The van der Waals surface area contributed by atoms with E-state index in [2.05, 4.69) is 15.5 Å². The number of hydrogen-bond acceptors (Lipinski definition) is 7. The van der Waals surface area contributed by atoms with Crippen molar-refractivity contribution in [1.82, 2.24) is 20.1 Å². The molecule has 0 bridgehead atoms. The van der Waals surface area contributed by atoms with Gasteiger partial charge in [-0.05, 0) is 24.7 Å². The lowest BCUT2D eigenvalue weighted by Gasteiger charge is -2.04. The van der Waals surface area contributed by atoms with Crippen LogP contribution >= 0.6 is 11.8 Å². The van der Waals surface area contributed by atoms with E-state index >= 15 is 0 Å². The molecule has 1 aromatic carbocycles. The first kappa shape index (κ1) is 21.1.